The fourth-order valence-electron chi connectivity index (χ4n) is 2.22. The predicted octanol–water partition coefficient (Wildman–Crippen LogP) is 4.44. The second kappa shape index (κ2) is 8.31. The zero-order valence-corrected chi connectivity index (χ0v) is 14.9. The van der Waals surface area contributed by atoms with E-state index in [0.717, 1.165) is 29.3 Å². The minimum absolute atomic E-state index is 0.0548. The van der Waals surface area contributed by atoms with E-state index in [1.165, 1.54) is 6.42 Å². The molecule has 1 saturated carbocycles. The van der Waals surface area contributed by atoms with Crippen LogP contribution in [0, 0.1) is 9.49 Å². The Kier molecular flexibility index (Phi) is 6.42. The maximum absolute atomic E-state index is 12.3. The standard InChI is InChI=1S/C17H21IO4/c1-13(2)16(19)21-18(15-11-7-4-8-12-15)22-17(20)14-9-5-3-6-10-14/h4,7-8,11-12,14H,1,3,5-6,9-10H2,2H3. The van der Waals surface area contributed by atoms with E-state index in [0.29, 0.717) is 5.57 Å². The molecule has 120 valence electrons. The van der Waals surface area contributed by atoms with Gasteiger partial charge in [-0.1, -0.05) is 0 Å². The van der Waals surface area contributed by atoms with E-state index in [1.54, 1.807) is 6.92 Å². The number of carbonyl (C=O) groups is 2. The molecule has 0 unspecified atom stereocenters. The van der Waals surface area contributed by atoms with Crippen molar-refractivity contribution >= 4 is 32.6 Å². The molecule has 0 aliphatic heterocycles. The van der Waals surface area contributed by atoms with Gasteiger partial charge in [-0.25, -0.2) is 0 Å². The Morgan fingerprint density at radius 1 is 1.09 bits per heavy atom. The Morgan fingerprint density at radius 3 is 2.32 bits per heavy atom. The zero-order chi connectivity index (χ0) is 15.9. The van der Waals surface area contributed by atoms with Gasteiger partial charge in [-0.3, -0.25) is 0 Å². The van der Waals surface area contributed by atoms with Gasteiger partial charge in [0.05, 0.1) is 0 Å². The van der Waals surface area contributed by atoms with Crippen LogP contribution < -0.4 is 0 Å². The van der Waals surface area contributed by atoms with Crippen molar-refractivity contribution < 1.29 is 15.7 Å². The van der Waals surface area contributed by atoms with Gasteiger partial charge in [-0.05, 0) is 0 Å². The summed E-state index contributed by atoms with van der Waals surface area (Å²) in [5.41, 5.74) is 0.312. The molecule has 0 saturated heterocycles. The van der Waals surface area contributed by atoms with Crippen molar-refractivity contribution in [1.29, 1.82) is 0 Å². The Bertz CT molecular complexity index is 535. The van der Waals surface area contributed by atoms with Crippen LogP contribution in [0.25, 0.3) is 0 Å². The van der Waals surface area contributed by atoms with Gasteiger partial charge in [0.25, 0.3) is 0 Å². The summed E-state index contributed by atoms with van der Waals surface area (Å²) in [6, 6.07) is 9.25. The molecule has 0 amide bonds. The molecule has 0 spiro atoms. The van der Waals surface area contributed by atoms with Crippen LogP contribution >= 0.6 is 20.6 Å². The number of hydrogen-bond donors (Lipinski definition) is 0. The fourth-order valence-corrected chi connectivity index (χ4v) is 5.32. The van der Waals surface area contributed by atoms with Crippen molar-refractivity contribution in [1.82, 2.24) is 0 Å². The molecule has 1 fully saturated rings. The summed E-state index contributed by atoms with van der Waals surface area (Å²) >= 11 is -2.80. The Morgan fingerprint density at radius 2 is 1.73 bits per heavy atom. The van der Waals surface area contributed by atoms with E-state index < -0.39 is 26.6 Å². The molecule has 0 radical (unpaired) electrons. The van der Waals surface area contributed by atoms with Crippen molar-refractivity contribution in [3.8, 4) is 0 Å². The van der Waals surface area contributed by atoms with Gasteiger partial charge in [0, 0.05) is 0 Å². The molecule has 0 aromatic heterocycles. The summed E-state index contributed by atoms with van der Waals surface area (Å²) in [5.74, 6) is -0.769. The summed E-state index contributed by atoms with van der Waals surface area (Å²) < 4.78 is 11.9. The first kappa shape index (κ1) is 17.0. The zero-order valence-electron chi connectivity index (χ0n) is 12.7. The van der Waals surface area contributed by atoms with Crippen molar-refractivity contribution in [2.24, 2.45) is 5.92 Å². The van der Waals surface area contributed by atoms with Crippen molar-refractivity contribution in [2.45, 2.75) is 39.0 Å². The van der Waals surface area contributed by atoms with Crippen LogP contribution in [0.3, 0.4) is 0 Å². The summed E-state index contributed by atoms with van der Waals surface area (Å²) in [7, 11) is 0. The van der Waals surface area contributed by atoms with E-state index >= 15 is 0 Å². The third-order valence-corrected chi connectivity index (χ3v) is 6.85. The van der Waals surface area contributed by atoms with Crippen LogP contribution in [0.1, 0.15) is 39.0 Å². The minimum atomic E-state index is -2.80. The Labute approximate surface area is 139 Å². The van der Waals surface area contributed by atoms with Crippen LogP contribution in [-0.4, -0.2) is 11.9 Å². The topological polar surface area (TPSA) is 52.6 Å². The van der Waals surface area contributed by atoms with Crippen molar-refractivity contribution in [2.75, 3.05) is 0 Å². The van der Waals surface area contributed by atoms with E-state index in [2.05, 4.69) is 6.58 Å². The van der Waals surface area contributed by atoms with Gasteiger partial charge in [0.2, 0.25) is 0 Å². The normalized spacial score (nSPS) is 15.8. The predicted molar refractivity (Wildman–Crippen MR) is 92.7 cm³/mol. The van der Waals surface area contributed by atoms with Gasteiger partial charge in [0.15, 0.2) is 0 Å². The molecule has 0 atom stereocenters. The molecule has 1 aliphatic rings. The summed E-state index contributed by atoms with van der Waals surface area (Å²) in [6.45, 7) is 5.17. The second-order valence-electron chi connectivity index (χ2n) is 5.39. The van der Waals surface area contributed by atoms with Crippen LogP contribution in [-0.2, 0) is 15.7 Å². The monoisotopic (exact) mass is 416 g/mol. The molecule has 0 bridgehead atoms. The summed E-state index contributed by atoms with van der Waals surface area (Å²) in [5, 5.41) is 0. The fraction of sp³-hybridized carbons (Fsp3) is 0.412. The van der Waals surface area contributed by atoms with E-state index in [1.807, 2.05) is 30.3 Å². The first-order chi connectivity index (χ1) is 10.6. The van der Waals surface area contributed by atoms with Crippen LogP contribution in [0.5, 0.6) is 0 Å². The average molecular weight is 416 g/mol. The first-order valence-corrected chi connectivity index (χ1v) is 10.3. The molecule has 2 rings (SSSR count). The summed E-state index contributed by atoms with van der Waals surface area (Å²) in [6.07, 6.45) is 5.03. The second-order valence-corrected chi connectivity index (χ2v) is 8.76. The van der Waals surface area contributed by atoms with E-state index in [-0.39, 0.29) is 11.9 Å². The first-order valence-electron chi connectivity index (χ1n) is 7.43. The molecule has 22 heavy (non-hydrogen) atoms. The molecule has 1 aromatic carbocycles. The number of carbonyl (C=O) groups excluding carboxylic acids is 2. The third kappa shape index (κ3) is 4.83. The quantitative estimate of drug-likeness (QED) is 0.526. The molecule has 0 N–H and O–H groups in total. The third-order valence-electron chi connectivity index (χ3n) is 3.48. The molecular weight excluding hydrogens is 395 g/mol. The molecule has 4 nitrogen and oxygen atoms in total. The van der Waals surface area contributed by atoms with Gasteiger partial charge < -0.3 is 0 Å². The Balaban J connectivity index is 2.08. The molecule has 1 aromatic rings. The van der Waals surface area contributed by atoms with Crippen LogP contribution in [0.15, 0.2) is 42.5 Å². The van der Waals surface area contributed by atoms with Crippen molar-refractivity contribution in [3.63, 3.8) is 0 Å². The van der Waals surface area contributed by atoms with Gasteiger partial charge in [-0.2, -0.15) is 0 Å². The van der Waals surface area contributed by atoms with Crippen LogP contribution in [0.2, 0.25) is 0 Å². The number of hydrogen-bond acceptors (Lipinski definition) is 4. The maximum atomic E-state index is 12.3. The van der Waals surface area contributed by atoms with Gasteiger partial charge in [-0.15, -0.1) is 0 Å². The van der Waals surface area contributed by atoms with Gasteiger partial charge in [0.1, 0.15) is 0 Å². The average Bonchev–Trinajstić information content (AvgIpc) is 2.55. The number of halogens is 1. The van der Waals surface area contributed by atoms with Gasteiger partial charge >= 0.3 is 139 Å². The summed E-state index contributed by atoms with van der Waals surface area (Å²) in [4.78, 5) is 24.1. The van der Waals surface area contributed by atoms with Crippen molar-refractivity contribution in [3.05, 3.63) is 46.1 Å². The SMILES string of the molecule is C=C(C)C(=O)OI(OC(=O)C1CCCCC1)c1ccccc1. The van der Waals surface area contributed by atoms with Crippen LogP contribution in [0.4, 0.5) is 0 Å². The molecular formula is C17H21IO4. The molecule has 5 heteroatoms. The molecule has 0 heterocycles. The molecule has 1 aliphatic carbocycles. The van der Waals surface area contributed by atoms with E-state index in [9.17, 15) is 9.59 Å². The van der Waals surface area contributed by atoms with E-state index in [4.69, 9.17) is 6.13 Å². The number of rotatable bonds is 5. The Hall–Kier alpha value is -1.37. The number of benzene rings is 1.